The summed E-state index contributed by atoms with van der Waals surface area (Å²) in [5.41, 5.74) is 2.89. The molecule has 1 aromatic heterocycles. The number of anilines is 1. The average molecular weight is 368 g/mol. The number of aliphatic hydroxyl groups is 1. The van der Waals surface area contributed by atoms with E-state index in [1.165, 1.54) is 4.90 Å². The molecule has 2 aromatic rings. The van der Waals surface area contributed by atoms with Gasteiger partial charge in [-0.1, -0.05) is 18.2 Å². The Morgan fingerprint density at radius 3 is 2.74 bits per heavy atom. The maximum Gasteiger partial charge on any atom is 0.322 e. The highest BCUT2D eigenvalue weighted by molar-refractivity contribution is 5.94. The summed E-state index contributed by atoms with van der Waals surface area (Å²) in [6, 6.07) is 12.6. The lowest BCUT2D eigenvalue weighted by Crippen LogP contribution is -2.58. The van der Waals surface area contributed by atoms with E-state index < -0.39 is 6.04 Å². The fourth-order valence-corrected chi connectivity index (χ4v) is 3.14. The zero-order chi connectivity index (χ0) is 19.1. The van der Waals surface area contributed by atoms with Crippen molar-refractivity contribution in [1.82, 2.24) is 15.2 Å². The highest BCUT2D eigenvalue weighted by atomic mass is 16.3. The number of pyridine rings is 1. The van der Waals surface area contributed by atoms with Crippen molar-refractivity contribution in [1.29, 1.82) is 0 Å². The van der Waals surface area contributed by atoms with Crippen LogP contribution in [0.3, 0.4) is 0 Å². The van der Waals surface area contributed by atoms with Crippen molar-refractivity contribution in [3.63, 3.8) is 0 Å². The van der Waals surface area contributed by atoms with Gasteiger partial charge in [-0.3, -0.25) is 9.78 Å². The molecule has 1 aliphatic heterocycles. The summed E-state index contributed by atoms with van der Waals surface area (Å²) in [5.74, 6) is -0.227. The number of amides is 3. The number of carbonyl (C=O) groups is 2. The third-order valence-electron chi connectivity index (χ3n) is 4.60. The first-order valence-corrected chi connectivity index (χ1v) is 9.12. The summed E-state index contributed by atoms with van der Waals surface area (Å²) in [5, 5.41) is 14.7. The Morgan fingerprint density at radius 1 is 1.22 bits per heavy atom. The van der Waals surface area contributed by atoms with Gasteiger partial charge in [0.05, 0.1) is 0 Å². The largest absolute Gasteiger partial charge is 0.396 e. The Balaban J connectivity index is 1.57. The van der Waals surface area contributed by atoms with E-state index in [-0.39, 0.29) is 25.0 Å². The Labute approximate surface area is 158 Å². The molecule has 0 aliphatic carbocycles. The fourth-order valence-electron chi connectivity index (χ4n) is 3.14. The number of hydrogen-bond acceptors (Lipinski definition) is 4. The normalized spacial score (nSPS) is 16.7. The molecule has 1 saturated heterocycles. The molecule has 1 fully saturated rings. The van der Waals surface area contributed by atoms with Crippen molar-refractivity contribution in [2.24, 2.45) is 0 Å². The van der Waals surface area contributed by atoms with Crippen LogP contribution in [0.4, 0.5) is 10.5 Å². The molecule has 0 unspecified atom stereocenters. The van der Waals surface area contributed by atoms with Gasteiger partial charge in [-0.05, 0) is 49.1 Å². The van der Waals surface area contributed by atoms with Crippen molar-refractivity contribution >= 4 is 17.6 Å². The van der Waals surface area contributed by atoms with Gasteiger partial charge in [-0.25, -0.2) is 4.79 Å². The number of aromatic nitrogens is 1. The number of nitrogens with one attached hydrogen (secondary N) is 2. The van der Waals surface area contributed by atoms with E-state index in [0.717, 1.165) is 24.1 Å². The summed E-state index contributed by atoms with van der Waals surface area (Å²) in [4.78, 5) is 30.3. The van der Waals surface area contributed by atoms with Crippen LogP contribution in [0.15, 0.2) is 48.7 Å². The minimum Gasteiger partial charge on any atom is -0.396 e. The lowest BCUT2D eigenvalue weighted by Gasteiger charge is -2.34. The molecule has 0 spiro atoms. The maximum absolute atomic E-state index is 12.5. The first kappa shape index (κ1) is 18.8. The second kappa shape index (κ2) is 9.14. The van der Waals surface area contributed by atoms with Gasteiger partial charge in [0.2, 0.25) is 5.91 Å². The van der Waals surface area contributed by atoms with E-state index >= 15 is 0 Å². The number of aryl methyl sites for hydroxylation is 2. The van der Waals surface area contributed by atoms with Crippen LogP contribution in [0.25, 0.3) is 0 Å². The molecule has 7 heteroatoms. The second-order valence-corrected chi connectivity index (χ2v) is 6.46. The van der Waals surface area contributed by atoms with Crippen LogP contribution in [0.5, 0.6) is 0 Å². The summed E-state index contributed by atoms with van der Waals surface area (Å²) < 4.78 is 0. The smallest absolute Gasteiger partial charge is 0.322 e. The third kappa shape index (κ3) is 5.04. The summed E-state index contributed by atoms with van der Waals surface area (Å²) in [7, 11) is 0. The molecule has 0 radical (unpaired) electrons. The molecule has 2 heterocycles. The molecule has 0 saturated carbocycles. The average Bonchev–Trinajstić information content (AvgIpc) is 2.70. The third-order valence-corrected chi connectivity index (χ3v) is 4.60. The fraction of sp³-hybridized carbons (Fsp3) is 0.350. The first-order chi connectivity index (χ1) is 13.2. The topological polar surface area (TPSA) is 94.6 Å². The zero-order valence-electron chi connectivity index (χ0n) is 15.1. The van der Waals surface area contributed by atoms with Gasteiger partial charge < -0.3 is 20.6 Å². The number of urea groups is 1. The molecule has 1 atom stereocenters. The summed E-state index contributed by atoms with van der Waals surface area (Å²) >= 11 is 0. The number of aliphatic hydroxyl groups excluding tert-OH is 1. The van der Waals surface area contributed by atoms with Gasteiger partial charge in [0.1, 0.15) is 6.04 Å². The summed E-state index contributed by atoms with van der Waals surface area (Å²) in [6.07, 6.45) is 3.75. The molecule has 7 nitrogen and oxygen atoms in total. The predicted octanol–water partition coefficient (Wildman–Crippen LogP) is 1.58. The highest BCUT2D eigenvalue weighted by Gasteiger charge is 2.32. The SMILES string of the molecule is O=C1NCCN(C(=O)Nc2ccc(CCc3ccccn3)cc2)[C@H]1CCO. The number of piperazine rings is 1. The molecule has 142 valence electrons. The molecule has 3 N–H and O–H groups in total. The van der Waals surface area contributed by atoms with Gasteiger partial charge in [0.25, 0.3) is 0 Å². The minimum atomic E-state index is -0.638. The molecule has 1 aromatic carbocycles. The first-order valence-electron chi connectivity index (χ1n) is 9.12. The molecule has 0 bridgehead atoms. The van der Waals surface area contributed by atoms with Crippen molar-refractivity contribution in [2.75, 3.05) is 25.0 Å². The van der Waals surface area contributed by atoms with E-state index in [9.17, 15) is 9.59 Å². The predicted molar refractivity (Wildman–Crippen MR) is 102 cm³/mol. The van der Waals surface area contributed by atoms with Crippen LogP contribution in [-0.4, -0.2) is 52.7 Å². The van der Waals surface area contributed by atoms with Crippen LogP contribution >= 0.6 is 0 Å². The van der Waals surface area contributed by atoms with Crippen LogP contribution in [0, 0.1) is 0 Å². The van der Waals surface area contributed by atoms with Crippen LogP contribution in [0.1, 0.15) is 17.7 Å². The van der Waals surface area contributed by atoms with Gasteiger partial charge >= 0.3 is 6.03 Å². The van der Waals surface area contributed by atoms with E-state index in [2.05, 4.69) is 15.6 Å². The van der Waals surface area contributed by atoms with E-state index in [1.807, 2.05) is 42.5 Å². The van der Waals surface area contributed by atoms with Gasteiger partial charge in [0.15, 0.2) is 0 Å². The Kier molecular flexibility index (Phi) is 6.38. The lowest BCUT2D eigenvalue weighted by atomic mass is 10.1. The Morgan fingerprint density at radius 2 is 2.04 bits per heavy atom. The zero-order valence-corrected chi connectivity index (χ0v) is 15.1. The molecular weight excluding hydrogens is 344 g/mol. The van der Waals surface area contributed by atoms with E-state index in [0.29, 0.717) is 18.8 Å². The van der Waals surface area contributed by atoms with Crippen molar-refractivity contribution in [2.45, 2.75) is 25.3 Å². The van der Waals surface area contributed by atoms with Crippen LogP contribution in [-0.2, 0) is 17.6 Å². The van der Waals surface area contributed by atoms with Crippen LogP contribution < -0.4 is 10.6 Å². The molecule has 3 amide bonds. The number of benzene rings is 1. The quantitative estimate of drug-likeness (QED) is 0.722. The van der Waals surface area contributed by atoms with Crippen molar-refractivity contribution in [3.05, 3.63) is 59.9 Å². The number of hydrogen-bond donors (Lipinski definition) is 3. The Hall–Kier alpha value is -2.93. The van der Waals surface area contributed by atoms with Gasteiger partial charge in [0, 0.05) is 37.3 Å². The molecular formula is C20H24N4O3. The van der Waals surface area contributed by atoms with Crippen LogP contribution in [0.2, 0.25) is 0 Å². The number of nitrogens with zero attached hydrogens (tertiary/aromatic N) is 2. The maximum atomic E-state index is 12.5. The molecule has 1 aliphatic rings. The standard InChI is InChI=1S/C20H24N4O3/c25-14-10-18-19(26)22-12-13-24(18)20(27)23-17-8-5-15(6-9-17)4-7-16-3-1-2-11-21-16/h1-3,5-6,8-9,11,18,25H,4,7,10,12-14H2,(H,22,26)(H,23,27)/t18-/m0/s1. The number of rotatable bonds is 6. The Bertz CT molecular complexity index is 765. The van der Waals surface area contributed by atoms with Gasteiger partial charge in [-0.15, -0.1) is 0 Å². The lowest BCUT2D eigenvalue weighted by molar-refractivity contribution is -0.128. The van der Waals surface area contributed by atoms with Crippen molar-refractivity contribution in [3.8, 4) is 0 Å². The van der Waals surface area contributed by atoms with E-state index in [4.69, 9.17) is 5.11 Å². The monoisotopic (exact) mass is 368 g/mol. The minimum absolute atomic E-state index is 0.146. The number of carbonyl (C=O) groups excluding carboxylic acids is 2. The van der Waals surface area contributed by atoms with E-state index in [1.54, 1.807) is 6.20 Å². The highest BCUT2D eigenvalue weighted by Crippen LogP contribution is 2.15. The molecule has 3 rings (SSSR count). The van der Waals surface area contributed by atoms with Crippen molar-refractivity contribution < 1.29 is 14.7 Å². The van der Waals surface area contributed by atoms with Gasteiger partial charge in [-0.2, -0.15) is 0 Å². The molecule has 27 heavy (non-hydrogen) atoms. The summed E-state index contributed by atoms with van der Waals surface area (Å²) in [6.45, 7) is 0.692. The second-order valence-electron chi connectivity index (χ2n) is 6.46.